The van der Waals surface area contributed by atoms with Gasteiger partial charge in [0.05, 0.1) is 32.3 Å². The van der Waals surface area contributed by atoms with Crippen LogP contribution in [0.2, 0.25) is 0 Å². The summed E-state index contributed by atoms with van der Waals surface area (Å²) in [5, 5.41) is 33.3. The van der Waals surface area contributed by atoms with E-state index in [1.54, 1.807) is 29.2 Å². The van der Waals surface area contributed by atoms with E-state index in [1.807, 2.05) is 0 Å². The summed E-state index contributed by atoms with van der Waals surface area (Å²) < 4.78 is 11.7. The minimum absolute atomic E-state index is 0.0593. The maximum atomic E-state index is 13.3. The molecular weight excluding hydrogens is 464 g/mol. The highest BCUT2D eigenvalue weighted by Gasteiger charge is 2.51. The Labute approximate surface area is 212 Å². The van der Waals surface area contributed by atoms with Crippen molar-refractivity contribution in [3.05, 3.63) is 47.6 Å². The third kappa shape index (κ3) is 5.74. The predicted molar refractivity (Wildman–Crippen MR) is 135 cm³/mol. The lowest BCUT2D eigenvalue weighted by Crippen LogP contribution is -2.56. The van der Waals surface area contributed by atoms with E-state index >= 15 is 0 Å². The van der Waals surface area contributed by atoms with Crippen LogP contribution in [0.25, 0.3) is 0 Å². The molecule has 3 rings (SSSR count). The third-order valence-electron chi connectivity index (χ3n) is 6.68. The second kappa shape index (κ2) is 12.4. The van der Waals surface area contributed by atoms with Crippen LogP contribution in [-0.4, -0.2) is 77.1 Å². The first-order chi connectivity index (χ1) is 17.3. The minimum atomic E-state index is -1.11. The van der Waals surface area contributed by atoms with Crippen molar-refractivity contribution in [1.29, 1.82) is 0 Å². The molecule has 0 spiro atoms. The highest BCUT2D eigenvalue weighted by molar-refractivity contribution is 5.96. The van der Waals surface area contributed by atoms with Gasteiger partial charge >= 0.3 is 0 Å². The number of hydrogen-bond donors (Lipinski definition) is 4. The summed E-state index contributed by atoms with van der Waals surface area (Å²) in [6, 6.07) is 2.62. The Hall–Kier alpha value is -2.88. The van der Waals surface area contributed by atoms with E-state index in [0.29, 0.717) is 47.1 Å². The summed E-state index contributed by atoms with van der Waals surface area (Å²) in [6.07, 6.45) is 2.85. The van der Waals surface area contributed by atoms with Crippen LogP contribution in [0.1, 0.15) is 50.2 Å². The molecule has 1 aliphatic carbocycles. The van der Waals surface area contributed by atoms with Gasteiger partial charge in [0.1, 0.15) is 12.2 Å². The van der Waals surface area contributed by atoms with Gasteiger partial charge in [-0.3, -0.25) is 9.59 Å². The van der Waals surface area contributed by atoms with E-state index in [9.17, 15) is 24.9 Å². The molecule has 1 heterocycles. The van der Waals surface area contributed by atoms with Crippen LogP contribution in [0.15, 0.2) is 36.4 Å². The molecule has 9 heteroatoms. The quantitative estimate of drug-likeness (QED) is 0.320. The van der Waals surface area contributed by atoms with Crippen molar-refractivity contribution < 1.29 is 34.4 Å². The Balaban J connectivity index is 2.10. The molecule has 0 bridgehead atoms. The van der Waals surface area contributed by atoms with Gasteiger partial charge in [0, 0.05) is 30.6 Å². The van der Waals surface area contributed by atoms with Gasteiger partial charge in [-0.15, -0.1) is 6.58 Å². The first-order valence-corrected chi connectivity index (χ1v) is 12.4. The number of allylic oxidation sites excluding steroid dienone is 1. The summed E-state index contributed by atoms with van der Waals surface area (Å²) in [4.78, 5) is 28.1. The van der Waals surface area contributed by atoms with Crippen LogP contribution >= 0.6 is 0 Å². The zero-order chi connectivity index (χ0) is 26.4. The first-order valence-electron chi connectivity index (χ1n) is 12.4. The van der Waals surface area contributed by atoms with Crippen molar-refractivity contribution in [3.63, 3.8) is 0 Å². The summed E-state index contributed by atoms with van der Waals surface area (Å²) in [6.45, 7) is 7.84. The predicted octanol–water partition coefficient (Wildman–Crippen LogP) is 1.65. The standard InChI is InChI=1S/C27H38N2O7/c1-5-6-7-22(32)29(10-8-16(2)3)20-14-19(27(34)28-9-11-30)23-18-12-17(15-31)13-21(35-4)25(18)36-26(23)24(20)33/h5,12-14,16,20,23-24,26,30-31,33H,1,6-11,15H2,2-4H3,(H,28,34)/t20-,23+,24+,26+/m1/s1. The van der Waals surface area contributed by atoms with Gasteiger partial charge in [0.2, 0.25) is 11.8 Å². The molecular formula is C27H38N2O7. The fourth-order valence-electron chi connectivity index (χ4n) is 4.83. The van der Waals surface area contributed by atoms with E-state index in [1.165, 1.54) is 7.11 Å². The summed E-state index contributed by atoms with van der Waals surface area (Å²) in [5.74, 6) is -0.0677. The monoisotopic (exact) mass is 502 g/mol. The van der Waals surface area contributed by atoms with Gasteiger partial charge in [-0.05, 0) is 42.5 Å². The molecule has 0 saturated heterocycles. The van der Waals surface area contributed by atoms with Gasteiger partial charge in [-0.1, -0.05) is 19.9 Å². The molecule has 36 heavy (non-hydrogen) atoms. The summed E-state index contributed by atoms with van der Waals surface area (Å²) >= 11 is 0. The molecule has 4 N–H and O–H groups in total. The number of aliphatic hydroxyl groups excluding tert-OH is 3. The SMILES string of the molecule is C=CCCC(=O)N(CCC(C)C)[C@@H]1C=C(C(=O)NCCO)[C@@H]2c3cc(CO)cc(OC)c3O[C@@H]2[C@H]1O. The minimum Gasteiger partial charge on any atom is -0.493 e. The number of carbonyl (C=O) groups is 2. The molecule has 1 aliphatic heterocycles. The smallest absolute Gasteiger partial charge is 0.247 e. The average molecular weight is 503 g/mol. The van der Waals surface area contributed by atoms with Crippen molar-refractivity contribution in [1.82, 2.24) is 10.2 Å². The molecule has 0 unspecified atom stereocenters. The van der Waals surface area contributed by atoms with Crippen molar-refractivity contribution in [2.24, 2.45) is 5.92 Å². The summed E-state index contributed by atoms with van der Waals surface area (Å²) in [5.41, 5.74) is 1.54. The average Bonchev–Trinajstić information content (AvgIpc) is 3.26. The Morgan fingerprint density at radius 1 is 1.31 bits per heavy atom. The van der Waals surface area contributed by atoms with E-state index in [-0.39, 0.29) is 32.1 Å². The zero-order valence-corrected chi connectivity index (χ0v) is 21.3. The number of amides is 2. The fourth-order valence-corrected chi connectivity index (χ4v) is 4.83. The number of hydrogen-bond acceptors (Lipinski definition) is 7. The number of aliphatic hydroxyl groups is 3. The lowest BCUT2D eigenvalue weighted by atomic mass is 9.77. The number of nitrogens with one attached hydrogen (secondary N) is 1. The van der Waals surface area contributed by atoms with E-state index in [4.69, 9.17) is 9.47 Å². The molecule has 198 valence electrons. The third-order valence-corrected chi connectivity index (χ3v) is 6.68. The highest BCUT2D eigenvalue weighted by atomic mass is 16.5. The van der Waals surface area contributed by atoms with Crippen molar-refractivity contribution >= 4 is 11.8 Å². The normalized spacial score (nSPS) is 22.2. The van der Waals surface area contributed by atoms with Crippen molar-refractivity contribution in [2.75, 3.05) is 26.8 Å². The Morgan fingerprint density at radius 3 is 2.67 bits per heavy atom. The number of ether oxygens (including phenoxy) is 2. The number of carbonyl (C=O) groups excluding carboxylic acids is 2. The fraction of sp³-hybridized carbons (Fsp3) is 0.556. The van der Waals surface area contributed by atoms with Crippen LogP contribution in [0.5, 0.6) is 11.5 Å². The lowest BCUT2D eigenvalue weighted by molar-refractivity contribution is -0.137. The Kier molecular flexibility index (Phi) is 9.53. The molecule has 0 saturated carbocycles. The lowest BCUT2D eigenvalue weighted by Gasteiger charge is -2.41. The van der Waals surface area contributed by atoms with Crippen LogP contribution in [0.3, 0.4) is 0 Å². The molecule has 9 nitrogen and oxygen atoms in total. The molecule has 2 amide bonds. The summed E-state index contributed by atoms with van der Waals surface area (Å²) in [7, 11) is 1.48. The zero-order valence-electron chi connectivity index (χ0n) is 21.3. The van der Waals surface area contributed by atoms with E-state index in [0.717, 1.165) is 6.42 Å². The van der Waals surface area contributed by atoms with Crippen LogP contribution < -0.4 is 14.8 Å². The van der Waals surface area contributed by atoms with Crippen LogP contribution in [-0.2, 0) is 16.2 Å². The van der Waals surface area contributed by atoms with Crippen LogP contribution in [0, 0.1) is 5.92 Å². The maximum Gasteiger partial charge on any atom is 0.247 e. The molecule has 0 aromatic heterocycles. The van der Waals surface area contributed by atoms with Crippen molar-refractivity contribution in [3.8, 4) is 11.5 Å². The number of nitrogens with zero attached hydrogens (tertiary/aromatic N) is 1. The highest BCUT2D eigenvalue weighted by Crippen LogP contribution is 2.51. The second-order valence-corrected chi connectivity index (χ2v) is 9.61. The molecule has 1 aromatic rings. The number of benzene rings is 1. The van der Waals surface area contributed by atoms with Crippen molar-refractivity contribution in [2.45, 2.75) is 63.9 Å². The molecule has 2 aliphatic rings. The second-order valence-electron chi connectivity index (χ2n) is 9.61. The number of fused-ring (bicyclic) bond motifs is 3. The topological polar surface area (TPSA) is 129 Å². The number of methoxy groups -OCH3 is 1. The van der Waals surface area contributed by atoms with E-state index in [2.05, 4.69) is 25.7 Å². The van der Waals surface area contributed by atoms with Gasteiger partial charge < -0.3 is 35.0 Å². The molecule has 0 fully saturated rings. The van der Waals surface area contributed by atoms with Gasteiger partial charge in [-0.25, -0.2) is 0 Å². The molecule has 0 radical (unpaired) electrons. The van der Waals surface area contributed by atoms with Crippen LogP contribution in [0.4, 0.5) is 0 Å². The van der Waals surface area contributed by atoms with E-state index < -0.39 is 30.1 Å². The number of rotatable bonds is 12. The molecule has 1 aromatic carbocycles. The Morgan fingerprint density at radius 2 is 2.06 bits per heavy atom. The van der Waals surface area contributed by atoms with Gasteiger partial charge in [-0.2, -0.15) is 0 Å². The van der Waals surface area contributed by atoms with Gasteiger partial charge in [0.15, 0.2) is 11.5 Å². The Bertz CT molecular complexity index is 991. The maximum absolute atomic E-state index is 13.3. The first kappa shape index (κ1) is 27.7. The van der Waals surface area contributed by atoms with Gasteiger partial charge in [0.25, 0.3) is 0 Å². The largest absolute Gasteiger partial charge is 0.493 e. The molecule has 4 atom stereocenters.